The molecule has 0 fully saturated rings. The zero-order valence-electron chi connectivity index (χ0n) is 9.75. The lowest BCUT2D eigenvalue weighted by Gasteiger charge is -2.01. The van der Waals surface area contributed by atoms with Gasteiger partial charge in [0.15, 0.2) is 0 Å². The van der Waals surface area contributed by atoms with E-state index in [4.69, 9.17) is 10.4 Å². The average molecular weight is 243 g/mol. The third-order valence-corrected chi connectivity index (χ3v) is 2.45. The molecule has 0 saturated carbocycles. The first-order valence-electron chi connectivity index (χ1n) is 5.07. The fraction of sp³-hybridized carbons (Fsp3) is 0.182. The summed E-state index contributed by atoms with van der Waals surface area (Å²) in [6.45, 7) is 3.22. The largest absolute Gasteiger partial charge is 0.478 e. The normalized spacial score (nSPS) is 10.1. The lowest BCUT2D eigenvalue weighted by atomic mass is 10.2. The highest BCUT2D eigenvalue weighted by atomic mass is 16.4. The van der Waals surface area contributed by atoms with E-state index in [9.17, 15) is 4.79 Å². The second-order valence-electron chi connectivity index (χ2n) is 3.62. The Bertz CT molecular complexity index is 669. The Labute approximate surface area is 102 Å². The van der Waals surface area contributed by atoms with Gasteiger partial charge in [-0.1, -0.05) is 0 Å². The smallest absolute Gasteiger partial charge is 0.339 e. The molecule has 18 heavy (non-hydrogen) atoms. The molecule has 0 saturated heterocycles. The Hall–Kier alpha value is -2.75. The van der Waals surface area contributed by atoms with Crippen LogP contribution in [0.25, 0.3) is 5.95 Å². The summed E-state index contributed by atoms with van der Waals surface area (Å²) in [5.74, 6) is -0.866. The molecule has 2 aromatic rings. The number of carboxylic acids is 1. The van der Waals surface area contributed by atoms with Gasteiger partial charge >= 0.3 is 5.97 Å². The molecule has 0 spiro atoms. The molecule has 0 unspecified atom stereocenters. The van der Waals surface area contributed by atoms with Crippen LogP contribution in [0.5, 0.6) is 0 Å². The third-order valence-electron chi connectivity index (χ3n) is 2.45. The molecule has 2 rings (SSSR count). The molecule has 0 amide bonds. The third kappa shape index (κ3) is 1.80. The highest BCUT2D eigenvalue weighted by Crippen LogP contribution is 2.15. The van der Waals surface area contributed by atoms with Crippen LogP contribution in [0.1, 0.15) is 27.4 Å². The number of nitriles is 1. The van der Waals surface area contributed by atoms with Gasteiger partial charge in [-0.3, -0.25) is 0 Å². The van der Waals surface area contributed by atoms with Gasteiger partial charge in [0.2, 0.25) is 0 Å². The van der Waals surface area contributed by atoms with E-state index in [1.165, 1.54) is 16.9 Å². The van der Waals surface area contributed by atoms with Gasteiger partial charge in [-0.15, -0.1) is 0 Å². The van der Waals surface area contributed by atoms with Crippen LogP contribution in [-0.2, 0) is 0 Å². The van der Waals surface area contributed by atoms with Crippen molar-refractivity contribution in [1.82, 2.24) is 19.7 Å². The van der Waals surface area contributed by atoms with E-state index >= 15 is 0 Å². The van der Waals surface area contributed by atoms with Crippen LogP contribution in [0, 0.1) is 25.2 Å². The van der Waals surface area contributed by atoms with Crippen LogP contribution in [0.4, 0.5) is 0 Å². The summed E-state index contributed by atoms with van der Waals surface area (Å²) < 4.78 is 1.32. The first-order valence-corrected chi connectivity index (χ1v) is 5.07. The predicted molar refractivity (Wildman–Crippen MR) is 60.3 cm³/mol. The second kappa shape index (κ2) is 4.25. The summed E-state index contributed by atoms with van der Waals surface area (Å²) >= 11 is 0. The number of hydrogen-bond donors (Lipinski definition) is 1. The Morgan fingerprint density at radius 3 is 2.78 bits per heavy atom. The van der Waals surface area contributed by atoms with Crippen molar-refractivity contribution in [3.63, 3.8) is 0 Å². The van der Waals surface area contributed by atoms with E-state index in [2.05, 4.69) is 15.1 Å². The van der Waals surface area contributed by atoms with Crippen molar-refractivity contribution in [1.29, 1.82) is 5.26 Å². The van der Waals surface area contributed by atoms with Crippen molar-refractivity contribution in [2.45, 2.75) is 13.8 Å². The lowest BCUT2D eigenvalue weighted by molar-refractivity contribution is 0.0695. The number of aryl methyl sites for hydroxylation is 1. The quantitative estimate of drug-likeness (QED) is 0.838. The van der Waals surface area contributed by atoms with E-state index in [-0.39, 0.29) is 17.2 Å². The maximum absolute atomic E-state index is 11.1. The van der Waals surface area contributed by atoms with Crippen molar-refractivity contribution in [3.8, 4) is 12.0 Å². The Balaban J connectivity index is 2.62. The number of aromatic nitrogens is 4. The number of rotatable bonds is 2. The minimum atomic E-state index is -1.05. The molecule has 90 valence electrons. The predicted octanol–water partition coefficient (Wildman–Crippen LogP) is 0.849. The first-order chi connectivity index (χ1) is 8.54. The van der Waals surface area contributed by atoms with Gasteiger partial charge in [-0.05, 0) is 19.9 Å². The van der Waals surface area contributed by atoms with Gasteiger partial charge in [0, 0.05) is 6.20 Å². The van der Waals surface area contributed by atoms with Crippen LogP contribution in [0.2, 0.25) is 0 Å². The van der Waals surface area contributed by atoms with Gasteiger partial charge in [0.05, 0.1) is 11.4 Å². The van der Waals surface area contributed by atoms with E-state index in [1.54, 1.807) is 13.8 Å². The molecule has 0 radical (unpaired) electrons. The Morgan fingerprint density at radius 2 is 2.22 bits per heavy atom. The number of hydrogen-bond acceptors (Lipinski definition) is 5. The van der Waals surface area contributed by atoms with Gasteiger partial charge < -0.3 is 5.11 Å². The van der Waals surface area contributed by atoms with Crippen LogP contribution < -0.4 is 0 Å². The Morgan fingerprint density at radius 1 is 1.50 bits per heavy atom. The molecule has 0 bridgehead atoms. The zero-order chi connectivity index (χ0) is 13.3. The van der Waals surface area contributed by atoms with Crippen molar-refractivity contribution in [2.24, 2.45) is 0 Å². The number of carbonyl (C=O) groups is 1. The van der Waals surface area contributed by atoms with E-state index in [1.807, 2.05) is 6.07 Å². The monoisotopic (exact) mass is 243 g/mol. The summed E-state index contributed by atoms with van der Waals surface area (Å²) in [7, 11) is 0. The molecule has 0 aromatic carbocycles. The van der Waals surface area contributed by atoms with Crippen LogP contribution in [-0.4, -0.2) is 30.8 Å². The minimum Gasteiger partial charge on any atom is -0.478 e. The van der Waals surface area contributed by atoms with E-state index < -0.39 is 5.97 Å². The SMILES string of the molecule is Cc1nn(-c2nccc(C#N)n2)c(C)c1C(=O)O. The fourth-order valence-corrected chi connectivity index (χ4v) is 1.66. The second-order valence-corrected chi connectivity index (χ2v) is 3.62. The van der Waals surface area contributed by atoms with Gasteiger partial charge in [0.25, 0.3) is 5.95 Å². The molecule has 0 aliphatic carbocycles. The molecule has 0 aliphatic heterocycles. The van der Waals surface area contributed by atoms with Crippen molar-refractivity contribution < 1.29 is 9.90 Å². The lowest BCUT2D eigenvalue weighted by Crippen LogP contribution is -2.07. The molecule has 0 atom stereocenters. The van der Waals surface area contributed by atoms with Crippen LogP contribution in [0.3, 0.4) is 0 Å². The molecule has 0 aliphatic rings. The first kappa shape index (κ1) is 11.7. The highest BCUT2D eigenvalue weighted by molar-refractivity contribution is 5.90. The summed E-state index contributed by atoms with van der Waals surface area (Å²) in [5, 5.41) is 21.9. The number of carboxylic acid groups (broad SMARTS) is 1. The zero-order valence-corrected chi connectivity index (χ0v) is 9.75. The van der Waals surface area contributed by atoms with Crippen LogP contribution in [0.15, 0.2) is 12.3 Å². The van der Waals surface area contributed by atoms with Gasteiger partial charge in [0.1, 0.15) is 17.3 Å². The summed E-state index contributed by atoms with van der Waals surface area (Å²) in [6.07, 6.45) is 1.43. The summed E-state index contributed by atoms with van der Waals surface area (Å²) in [5.41, 5.74) is 1.13. The molecule has 1 N–H and O–H groups in total. The van der Waals surface area contributed by atoms with Gasteiger partial charge in [-0.25, -0.2) is 19.4 Å². The summed E-state index contributed by atoms with van der Waals surface area (Å²) in [6, 6.07) is 3.36. The Kier molecular flexibility index (Phi) is 2.77. The molecule has 2 heterocycles. The molecular weight excluding hydrogens is 234 g/mol. The van der Waals surface area contributed by atoms with E-state index in [0.29, 0.717) is 11.4 Å². The molecule has 2 aromatic heterocycles. The van der Waals surface area contributed by atoms with E-state index in [0.717, 1.165) is 0 Å². The summed E-state index contributed by atoms with van der Waals surface area (Å²) in [4.78, 5) is 19.0. The topological polar surface area (TPSA) is 105 Å². The minimum absolute atomic E-state index is 0.126. The molecular formula is C11H9N5O2. The standard InChI is InChI=1S/C11H9N5O2/c1-6-9(10(17)18)7(2)16(15-6)11-13-4-3-8(5-12)14-11/h3-4H,1-2H3,(H,17,18). The van der Waals surface area contributed by atoms with Crippen LogP contribution >= 0.6 is 0 Å². The maximum atomic E-state index is 11.1. The molecule has 7 heteroatoms. The van der Waals surface area contributed by atoms with Crippen molar-refractivity contribution >= 4 is 5.97 Å². The highest BCUT2D eigenvalue weighted by Gasteiger charge is 2.19. The fourth-order valence-electron chi connectivity index (χ4n) is 1.66. The number of aromatic carboxylic acids is 1. The molecule has 7 nitrogen and oxygen atoms in total. The van der Waals surface area contributed by atoms with Crippen molar-refractivity contribution in [2.75, 3.05) is 0 Å². The average Bonchev–Trinajstić information content (AvgIpc) is 2.65. The number of nitrogens with zero attached hydrogens (tertiary/aromatic N) is 5. The maximum Gasteiger partial charge on any atom is 0.339 e. The van der Waals surface area contributed by atoms with Gasteiger partial charge in [-0.2, -0.15) is 10.4 Å². The van der Waals surface area contributed by atoms with Crippen molar-refractivity contribution in [3.05, 3.63) is 34.9 Å².